The highest BCUT2D eigenvalue weighted by molar-refractivity contribution is 5.93. The lowest BCUT2D eigenvalue weighted by atomic mass is 9.82. The Labute approximate surface area is 104 Å². The molecule has 1 fully saturated rings. The average molecular weight is 249 g/mol. The van der Waals surface area contributed by atoms with Crippen molar-refractivity contribution >= 4 is 17.7 Å². The van der Waals surface area contributed by atoms with Crippen LogP contribution in [0.15, 0.2) is 18.3 Å². The number of hydrogen-bond donors (Lipinski definition) is 2. The second kappa shape index (κ2) is 5.12. The van der Waals surface area contributed by atoms with Gasteiger partial charge in [-0.3, -0.25) is 9.59 Å². The van der Waals surface area contributed by atoms with Crippen molar-refractivity contribution in [1.82, 2.24) is 10.2 Å². The van der Waals surface area contributed by atoms with Crippen LogP contribution in [0, 0.1) is 5.41 Å². The van der Waals surface area contributed by atoms with Crippen molar-refractivity contribution in [3.05, 3.63) is 18.3 Å². The van der Waals surface area contributed by atoms with Crippen LogP contribution < -0.4 is 5.32 Å². The molecular formula is C12H15N3O3. The zero-order chi connectivity index (χ0) is 13.0. The summed E-state index contributed by atoms with van der Waals surface area (Å²) in [5.74, 6) is -0.852. The second-order valence-electron chi connectivity index (χ2n) is 4.63. The number of carboxylic acids is 1. The van der Waals surface area contributed by atoms with Crippen molar-refractivity contribution in [1.29, 1.82) is 0 Å². The molecular weight excluding hydrogens is 234 g/mol. The molecule has 6 nitrogen and oxygen atoms in total. The highest BCUT2D eigenvalue weighted by Crippen LogP contribution is 2.41. The largest absolute Gasteiger partial charge is 0.481 e. The van der Waals surface area contributed by atoms with Crippen molar-refractivity contribution in [2.75, 3.05) is 5.32 Å². The summed E-state index contributed by atoms with van der Waals surface area (Å²) in [5.41, 5.74) is -0.897. The Bertz CT molecular complexity index is 441. The Morgan fingerprint density at radius 3 is 2.67 bits per heavy atom. The van der Waals surface area contributed by atoms with E-state index in [0.717, 1.165) is 12.8 Å². The lowest BCUT2D eigenvalue weighted by Crippen LogP contribution is -2.32. The third-order valence-electron chi connectivity index (χ3n) is 3.35. The molecule has 2 rings (SSSR count). The first-order valence-electron chi connectivity index (χ1n) is 5.93. The number of carboxylic acid groups (broad SMARTS) is 1. The van der Waals surface area contributed by atoms with Crippen molar-refractivity contribution in [2.45, 2.75) is 32.1 Å². The number of carbonyl (C=O) groups excluding carboxylic acids is 1. The van der Waals surface area contributed by atoms with Gasteiger partial charge in [-0.05, 0) is 25.0 Å². The van der Waals surface area contributed by atoms with E-state index < -0.39 is 11.4 Å². The van der Waals surface area contributed by atoms with E-state index in [1.165, 1.54) is 6.20 Å². The smallest absolute Gasteiger partial charge is 0.310 e. The van der Waals surface area contributed by atoms with Crippen LogP contribution in [0.25, 0.3) is 0 Å². The van der Waals surface area contributed by atoms with Gasteiger partial charge in [-0.2, -0.15) is 5.10 Å². The van der Waals surface area contributed by atoms with Gasteiger partial charge in [-0.25, -0.2) is 0 Å². The van der Waals surface area contributed by atoms with Crippen LogP contribution in [0.5, 0.6) is 0 Å². The number of nitrogens with one attached hydrogen (secondary N) is 1. The highest BCUT2D eigenvalue weighted by Gasteiger charge is 2.42. The fourth-order valence-electron chi connectivity index (χ4n) is 2.38. The lowest BCUT2D eigenvalue weighted by molar-refractivity contribution is -0.150. The van der Waals surface area contributed by atoms with Crippen LogP contribution in [-0.2, 0) is 9.59 Å². The molecule has 0 unspecified atom stereocenters. The minimum absolute atomic E-state index is 0.00108. The molecule has 1 aliphatic carbocycles. The zero-order valence-corrected chi connectivity index (χ0v) is 9.93. The van der Waals surface area contributed by atoms with E-state index in [9.17, 15) is 14.7 Å². The molecule has 0 aromatic carbocycles. The predicted octanol–water partition coefficient (Wildman–Crippen LogP) is 1.45. The number of rotatable bonds is 4. The van der Waals surface area contributed by atoms with Gasteiger partial charge in [0.05, 0.1) is 5.41 Å². The van der Waals surface area contributed by atoms with E-state index in [0.29, 0.717) is 18.7 Å². The van der Waals surface area contributed by atoms with Crippen LogP contribution in [0.1, 0.15) is 32.1 Å². The summed E-state index contributed by atoms with van der Waals surface area (Å²) >= 11 is 0. The number of amides is 1. The van der Waals surface area contributed by atoms with Gasteiger partial charge >= 0.3 is 5.97 Å². The second-order valence-corrected chi connectivity index (χ2v) is 4.63. The normalized spacial score (nSPS) is 17.3. The van der Waals surface area contributed by atoms with E-state index in [1.807, 2.05) is 0 Å². The molecule has 1 heterocycles. The molecule has 1 aromatic heterocycles. The van der Waals surface area contributed by atoms with Gasteiger partial charge in [0.25, 0.3) is 0 Å². The first kappa shape index (κ1) is 12.5. The molecule has 96 valence electrons. The molecule has 1 aromatic rings. The minimum Gasteiger partial charge on any atom is -0.481 e. The zero-order valence-electron chi connectivity index (χ0n) is 9.93. The molecule has 0 aliphatic heterocycles. The van der Waals surface area contributed by atoms with E-state index in [1.54, 1.807) is 12.1 Å². The topological polar surface area (TPSA) is 92.2 Å². The Hall–Kier alpha value is -1.98. The summed E-state index contributed by atoms with van der Waals surface area (Å²) in [4.78, 5) is 23.1. The van der Waals surface area contributed by atoms with Crippen LogP contribution in [0.4, 0.5) is 5.82 Å². The molecule has 1 saturated carbocycles. The number of nitrogens with zero attached hydrogens (tertiary/aromatic N) is 2. The molecule has 1 aliphatic rings. The number of aromatic nitrogens is 2. The van der Waals surface area contributed by atoms with Gasteiger partial charge in [0, 0.05) is 12.6 Å². The first-order chi connectivity index (χ1) is 8.62. The van der Waals surface area contributed by atoms with Gasteiger partial charge in [0.2, 0.25) is 5.91 Å². The van der Waals surface area contributed by atoms with Crippen molar-refractivity contribution in [3.8, 4) is 0 Å². The maximum Gasteiger partial charge on any atom is 0.310 e. The van der Waals surface area contributed by atoms with Gasteiger partial charge < -0.3 is 10.4 Å². The van der Waals surface area contributed by atoms with E-state index in [-0.39, 0.29) is 12.3 Å². The predicted molar refractivity (Wildman–Crippen MR) is 63.8 cm³/mol. The van der Waals surface area contributed by atoms with Crippen LogP contribution in [0.3, 0.4) is 0 Å². The first-order valence-corrected chi connectivity index (χ1v) is 5.93. The Morgan fingerprint density at radius 2 is 2.11 bits per heavy atom. The molecule has 0 atom stereocenters. The van der Waals surface area contributed by atoms with Crippen LogP contribution >= 0.6 is 0 Å². The van der Waals surface area contributed by atoms with E-state index >= 15 is 0 Å². The summed E-state index contributed by atoms with van der Waals surface area (Å²) in [6, 6.07) is 3.28. The van der Waals surface area contributed by atoms with Gasteiger partial charge in [0.1, 0.15) is 0 Å². The van der Waals surface area contributed by atoms with Gasteiger partial charge in [0.15, 0.2) is 5.82 Å². The monoisotopic (exact) mass is 249 g/mol. The summed E-state index contributed by atoms with van der Waals surface area (Å²) < 4.78 is 0. The Balaban J connectivity index is 2.00. The molecule has 0 bridgehead atoms. The number of anilines is 1. The molecule has 2 N–H and O–H groups in total. The molecule has 6 heteroatoms. The average Bonchev–Trinajstić information content (AvgIpc) is 2.80. The summed E-state index contributed by atoms with van der Waals surface area (Å²) in [6.45, 7) is 0. The number of aliphatic carboxylic acids is 1. The van der Waals surface area contributed by atoms with Crippen LogP contribution in [-0.4, -0.2) is 27.2 Å². The third kappa shape index (κ3) is 2.64. The van der Waals surface area contributed by atoms with Crippen molar-refractivity contribution in [3.63, 3.8) is 0 Å². The molecule has 18 heavy (non-hydrogen) atoms. The molecule has 1 amide bonds. The number of carbonyl (C=O) groups is 2. The molecule has 0 radical (unpaired) electrons. The van der Waals surface area contributed by atoms with E-state index in [4.69, 9.17) is 0 Å². The summed E-state index contributed by atoms with van der Waals surface area (Å²) in [5, 5.41) is 19.2. The Morgan fingerprint density at radius 1 is 1.39 bits per heavy atom. The summed E-state index contributed by atoms with van der Waals surface area (Å²) in [6.07, 6.45) is 4.37. The fourth-order valence-corrected chi connectivity index (χ4v) is 2.38. The highest BCUT2D eigenvalue weighted by atomic mass is 16.4. The fraction of sp³-hybridized carbons (Fsp3) is 0.500. The minimum atomic E-state index is -0.897. The quantitative estimate of drug-likeness (QED) is 0.842. The van der Waals surface area contributed by atoms with Gasteiger partial charge in [-0.15, -0.1) is 5.10 Å². The number of hydrogen-bond acceptors (Lipinski definition) is 4. The standard InChI is InChI=1S/C12H15N3O3/c16-10(14-9-4-3-7-13-15-9)8-12(11(17)18)5-1-2-6-12/h3-4,7H,1-2,5-6,8H2,(H,17,18)(H,14,15,16). The van der Waals surface area contributed by atoms with Crippen molar-refractivity contribution in [2.24, 2.45) is 5.41 Å². The van der Waals surface area contributed by atoms with Gasteiger partial charge in [-0.1, -0.05) is 12.8 Å². The van der Waals surface area contributed by atoms with E-state index in [2.05, 4.69) is 15.5 Å². The SMILES string of the molecule is O=C(CC1(C(=O)O)CCCC1)Nc1cccnn1. The summed E-state index contributed by atoms with van der Waals surface area (Å²) in [7, 11) is 0. The maximum absolute atomic E-state index is 11.8. The third-order valence-corrected chi connectivity index (χ3v) is 3.35. The molecule has 0 spiro atoms. The lowest BCUT2D eigenvalue weighted by Gasteiger charge is -2.22. The molecule has 0 saturated heterocycles. The van der Waals surface area contributed by atoms with Crippen molar-refractivity contribution < 1.29 is 14.7 Å². The Kier molecular flexibility index (Phi) is 3.55. The maximum atomic E-state index is 11.8. The van der Waals surface area contributed by atoms with Crippen LogP contribution in [0.2, 0.25) is 0 Å².